The maximum Gasteiger partial charge on any atom is 0.266 e. The molecule has 0 saturated heterocycles. The fourth-order valence-electron chi connectivity index (χ4n) is 1.62. The van der Waals surface area contributed by atoms with E-state index in [-0.39, 0.29) is 11.1 Å². The van der Waals surface area contributed by atoms with Crippen LogP contribution in [0.15, 0.2) is 45.8 Å². The molecule has 4 heteroatoms. The van der Waals surface area contributed by atoms with Gasteiger partial charge in [-0.1, -0.05) is 12.1 Å². The number of nitrogens with zero attached hydrogens (tertiary/aromatic N) is 1. The number of carbonyl (C=O) groups excluding carboxylic acids is 1. The van der Waals surface area contributed by atoms with Crippen LogP contribution < -0.4 is 5.56 Å². The molecular formula is C13H10BrNO2. The fraction of sp³-hybridized carbons (Fsp3) is 0.0769. The smallest absolute Gasteiger partial charge is 0.266 e. The molecular weight excluding hydrogens is 282 g/mol. The van der Waals surface area contributed by atoms with Gasteiger partial charge in [-0.2, -0.15) is 0 Å². The van der Waals surface area contributed by atoms with Gasteiger partial charge in [0.1, 0.15) is 0 Å². The van der Waals surface area contributed by atoms with Crippen LogP contribution in [0.1, 0.15) is 15.9 Å². The summed E-state index contributed by atoms with van der Waals surface area (Å²) >= 11 is 3.18. The second kappa shape index (κ2) is 4.67. The van der Waals surface area contributed by atoms with Crippen molar-refractivity contribution < 1.29 is 4.79 Å². The maximum absolute atomic E-state index is 12.0. The van der Waals surface area contributed by atoms with Crippen molar-refractivity contribution in [3.8, 4) is 5.69 Å². The fourth-order valence-corrected chi connectivity index (χ4v) is 2.00. The van der Waals surface area contributed by atoms with E-state index in [0.29, 0.717) is 10.8 Å². The summed E-state index contributed by atoms with van der Waals surface area (Å²) in [6.07, 6.45) is 2.22. The zero-order chi connectivity index (χ0) is 12.4. The molecule has 0 spiro atoms. The van der Waals surface area contributed by atoms with Crippen LogP contribution in [0.4, 0.5) is 0 Å². The van der Waals surface area contributed by atoms with Crippen molar-refractivity contribution in [2.24, 2.45) is 0 Å². The molecule has 0 radical (unpaired) electrons. The Kier molecular flexibility index (Phi) is 3.24. The van der Waals surface area contributed by atoms with Gasteiger partial charge in [-0.05, 0) is 46.6 Å². The Balaban J connectivity index is 2.69. The summed E-state index contributed by atoms with van der Waals surface area (Å²) in [7, 11) is 0. The summed E-state index contributed by atoms with van der Waals surface area (Å²) < 4.78 is 1.98. The molecule has 1 aromatic carbocycles. The maximum atomic E-state index is 12.0. The van der Waals surface area contributed by atoms with Crippen LogP contribution in [0.2, 0.25) is 0 Å². The van der Waals surface area contributed by atoms with Crippen LogP contribution in [0.3, 0.4) is 0 Å². The number of aromatic nitrogens is 1. The van der Waals surface area contributed by atoms with Crippen molar-refractivity contribution >= 4 is 22.2 Å². The van der Waals surface area contributed by atoms with Crippen LogP contribution in [0, 0.1) is 6.92 Å². The number of carbonyl (C=O) groups is 1. The summed E-state index contributed by atoms with van der Waals surface area (Å²) in [5.41, 5.74) is 1.63. The molecule has 1 heterocycles. The largest absolute Gasteiger partial charge is 0.298 e. The molecule has 0 bridgehead atoms. The highest BCUT2D eigenvalue weighted by molar-refractivity contribution is 9.10. The number of rotatable bonds is 2. The topological polar surface area (TPSA) is 39.1 Å². The Hall–Kier alpha value is -1.68. The Bertz CT molecular complexity index is 632. The molecule has 0 unspecified atom stereocenters. The highest BCUT2D eigenvalue weighted by Crippen LogP contribution is 2.13. The molecule has 0 aliphatic rings. The number of hydrogen-bond acceptors (Lipinski definition) is 2. The zero-order valence-corrected chi connectivity index (χ0v) is 10.8. The molecule has 0 N–H and O–H groups in total. The first-order valence-electron chi connectivity index (χ1n) is 5.07. The van der Waals surface area contributed by atoms with Crippen molar-refractivity contribution in [2.45, 2.75) is 6.92 Å². The number of aryl methyl sites for hydroxylation is 1. The number of aldehydes is 1. The van der Waals surface area contributed by atoms with Crippen LogP contribution in [0.5, 0.6) is 0 Å². The average Bonchev–Trinajstić information content (AvgIpc) is 2.29. The first-order chi connectivity index (χ1) is 8.13. The normalized spacial score (nSPS) is 10.2. The first kappa shape index (κ1) is 11.8. The third kappa shape index (κ3) is 2.22. The predicted molar refractivity (Wildman–Crippen MR) is 69.9 cm³/mol. The van der Waals surface area contributed by atoms with Crippen molar-refractivity contribution in [3.05, 3.63) is 62.5 Å². The molecule has 0 aliphatic carbocycles. The molecule has 0 fully saturated rings. The third-order valence-electron chi connectivity index (χ3n) is 2.47. The van der Waals surface area contributed by atoms with Gasteiger partial charge in [0.15, 0.2) is 6.29 Å². The average molecular weight is 292 g/mol. The molecule has 1 aromatic heterocycles. The molecule has 2 aromatic rings. The van der Waals surface area contributed by atoms with E-state index in [1.54, 1.807) is 12.3 Å². The van der Waals surface area contributed by atoms with E-state index >= 15 is 0 Å². The third-order valence-corrected chi connectivity index (χ3v) is 3.17. The van der Waals surface area contributed by atoms with Gasteiger partial charge >= 0.3 is 0 Å². The second-order valence-electron chi connectivity index (χ2n) is 3.71. The SMILES string of the molecule is Cc1cccc(-n2ccc(Br)c(C=O)c2=O)c1. The minimum Gasteiger partial charge on any atom is -0.298 e. The second-order valence-corrected chi connectivity index (χ2v) is 4.56. The van der Waals surface area contributed by atoms with E-state index in [9.17, 15) is 9.59 Å². The Morgan fingerprint density at radius 3 is 2.71 bits per heavy atom. The molecule has 0 atom stereocenters. The molecule has 0 saturated carbocycles. The number of halogens is 1. The van der Waals surface area contributed by atoms with Crippen LogP contribution in [-0.4, -0.2) is 10.9 Å². The Morgan fingerprint density at radius 2 is 2.06 bits per heavy atom. The molecule has 17 heavy (non-hydrogen) atoms. The van der Waals surface area contributed by atoms with E-state index in [1.165, 1.54) is 4.57 Å². The standard InChI is InChI=1S/C13H10BrNO2/c1-9-3-2-4-10(7-9)15-6-5-12(14)11(8-16)13(15)17/h2-8H,1H3. The lowest BCUT2D eigenvalue weighted by atomic mass is 10.2. The van der Waals surface area contributed by atoms with Gasteiger partial charge in [-0.15, -0.1) is 0 Å². The molecule has 0 amide bonds. The Morgan fingerprint density at radius 1 is 1.29 bits per heavy atom. The van der Waals surface area contributed by atoms with Crippen molar-refractivity contribution in [1.29, 1.82) is 0 Å². The monoisotopic (exact) mass is 291 g/mol. The van der Waals surface area contributed by atoms with Gasteiger partial charge in [0.05, 0.1) is 5.56 Å². The number of pyridine rings is 1. The van der Waals surface area contributed by atoms with Gasteiger partial charge in [-0.25, -0.2) is 0 Å². The van der Waals surface area contributed by atoms with Crippen LogP contribution in [-0.2, 0) is 0 Å². The first-order valence-corrected chi connectivity index (χ1v) is 5.86. The lowest BCUT2D eigenvalue weighted by Gasteiger charge is -2.07. The summed E-state index contributed by atoms with van der Waals surface area (Å²) in [4.78, 5) is 22.9. The van der Waals surface area contributed by atoms with Gasteiger partial charge in [-0.3, -0.25) is 14.2 Å². The summed E-state index contributed by atoms with van der Waals surface area (Å²) in [6.45, 7) is 1.95. The van der Waals surface area contributed by atoms with E-state index < -0.39 is 0 Å². The summed E-state index contributed by atoms with van der Waals surface area (Å²) in [6, 6.07) is 9.24. The predicted octanol–water partition coefficient (Wildman–Crippen LogP) is 2.72. The summed E-state index contributed by atoms with van der Waals surface area (Å²) in [5.74, 6) is 0. The lowest BCUT2D eigenvalue weighted by Crippen LogP contribution is -2.21. The number of hydrogen-bond donors (Lipinski definition) is 0. The highest BCUT2D eigenvalue weighted by atomic mass is 79.9. The van der Waals surface area contributed by atoms with Gasteiger partial charge in [0.2, 0.25) is 0 Å². The van der Waals surface area contributed by atoms with Crippen molar-refractivity contribution in [2.75, 3.05) is 0 Å². The summed E-state index contributed by atoms with van der Waals surface area (Å²) in [5, 5.41) is 0. The van der Waals surface area contributed by atoms with E-state index in [1.807, 2.05) is 31.2 Å². The minimum absolute atomic E-state index is 0.133. The quantitative estimate of drug-likeness (QED) is 0.798. The number of benzene rings is 1. The molecule has 86 valence electrons. The minimum atomic E-state index is -0.319. The zero-order valence-electron chi connectivity index (χ0n) is 9.18. The van der Waals surface area contributed by atoms with Crippen LogP contribution in [0.25, 0.3) is 5.69 Å². The van der Waals surface area contributed by atoms with Gasteiger partial charge in [0.25, 0.3) is 5.56 Å². The highest BCUT2D eigenvalue weighted by Gasteiger charge is 2.08. The molecule has 3 nitrogen and oxygen atoms in total. The van der Waals surface area contributed by atoms with E-state index in [2.05, 4.69) is 15.9 Å². The van der Waals surface area contributed by atoms with E-state index in [0.717, 1.165) is 11.3 Å². The van der Waals surface area contributed by atoms with Crippen molar-refractivity contribution in [3.63, 3.8) is 0 Å². The van der Waals surface area contributed by atoms with E-state index in [4.69, 9.17) is 0 Å². The lowest BCUT2D eigenvalue weighted by molar-refractivity contribution is 0.112. The molecule has 2 rings (SSSR count). The van der Waals surface area contributed by atoms with Gasteiger partial charge in [0, 0.05) is 16.4 Å². The van der Waals surface area contributed by atoms with Gasteiger partial charge < -0.3 is 0 Å². The Labute approximate surface area is 107 Å². The van der Waals surface area contributed by atoms with Crippen molar-refractivity contribution in [1.82, 2.24) is 4.57 Å². The molecule has 0 aliphatic heterocycles. The van der Waals surface area contributed by atoms with Crippen LogP contribution >= 0.6 is 15.9 Å².